The number of phenolic OH excluding ortho intramolecular Hbond substituents is 1. The Labute approximate surface area is 98.1 Å². The number of nitrogens with zero attached hydrogens (tertiary/aromatic N) is 1. The van der Waals surface area contributed by atoms with Gasteiger partial charge in [-0.2, -0.15) is 0 Å². The monoisotopic (exact) mass is 233 g/mol. The van der Waals surface area contributed by atoms with E-state index in [-0.39, 0.29) is 11.4 Å². The van der Waals surface area contributed by atoms with Gasteiger partial charge in [0.1, 0.15) is 5.75 Å². The van der Waals surface area contributed by atoms with Crippen LogP contribution in [0.3, 0.4) is 0 Å². The summed E-state index contributed by atoms with van der Waals surface area (Å²) in [6.07, 6.45) is 1.10. The Bertz CT molecular complexity index is 593. The molecule has 0 saturated carbocycles. The number of aromatic nitrogens is 2. The molecule has 1 saturated heterocycles. The number of imidazole rings is 1. The van der Waals surface area contributed by atoms with Crippen LogP contribution in [-0.2, 0) is 6.54 Å². The third-order valence-corrected chi connectivity index (χ3v) is 3.36. The first-order chi connectivity index (χ1) is 8.24. The molecule has 0 aliphatic carbocycles. The van der Waals surface area contributed by atoms with Gasteiger partial charge in [0.2, 0.25) is 0 Å². The number of hydrogen-bond acceptors (Lipinski definition) is 3. The van der Waals surface area contributed by atoms with Crippen molar-refractivity contribution in [3.63, 3.8) is 0 Å². The fourth-order valence-corrected chi connectivity index (χ4v) is 2.45. The van der Waals surface area contributed by atoms with Gasteiger partial charge in [0.25, 0.3) is 0 Å². The second kappa shape index (κ2) is 3.92. The molecule has 17 heavy (non-hydrogen) atoms. The molecule has 2 aromatic rings. The van der Waals surface area contributed by atoms with Crippen LogP contribution in [0.2, 0.25) is 0 Å². The second-order valence-electron chi connectivity index (χ2n) is 4.60. The van der Waals surface area contributed by atoms with Gasteiger partial charge in [-0.15, -0.1) is 0 Å². The number of benzene rings is 1. The molecule has 0 amide bonds. The molecule has 0 radical (unpaired) electrons. The maximum absolute atomic E-state index is 11.8. The van der Waals surface area contributed by atoms with Gasteiger partial charge in [-0.1, -0.05) is 0 Å². The van der Waals surface area contributed by atoms with Crippen LogP contribution in [0, 0.1) is 5.92 Å². The molecule has 3 rings (SSSR count). The molecular weight excluding hydrogens is 218 g/mol. The number of rotatable bonds is 2. The zero-order chi connectivity index (χ0) is 11.8. The lowest BCUT2D eigenvalue weighted by molar-refractivity contribution is 0.471. The lowest BCUT2D eigenvalue weighted by Gasteiger charge is -2.09. The van der Waals surface area contributed by atoms with Crippen LogP contribution in [0.4, 0.5) is 0 Å². The van der Waals surface area contributed by atoms with E-state index in [2.05, 4.69) is 10.3 Å². The maximum Gasteiger partial charge on any atom is 0.326 e. The third kappa shape index (κ3) is 1.82. The number of aromatic amines is 1. The second-order valence-corrected chi connectivity index (χ2v) is 4.60. The van der Waals surface area contributed by atoms with E-state index in [1.807, 2.05) is 0 Å². The van der Waals surface area contributed by atoms with Crippen LogP contribution >= 0.6 is 0 Å². The highest BCUT2D eigenvalue weighted by molar-refractivity contribution is 5.76. The predicted octanol–water partition coefficient (Wildman–Crippen LogP) is 0.645. The molecule has 1 aromatic heterocycles. The Morgan fingerprint density at radius 1 is 1.47 bits per heavy atom. The average molecular weight is 233 g/mol. The molecule has 1 atom stereocenters. The van der Waals surface area contributed by atoms with Gasteiger partial charge < -0.3 is 15.4 Å². The van der Waals surface area contributed by atoms with Crippen molar-refractivity contribution in [1.82, 2.24) is 14.9 Å². The molecule has 0 spiro atoms. The molecule has 90 valence electrons. The van der Waals surface area contributed by atoms with E-state index in [0.29, 0.717) is 12.5 Å². The average Bonchev–Trinajstić information content (AvgIpc) is 2.90. The fraction of sp³-hybridized carbons (Fsp3) is 0.417. The Morgan fingerprint density at radius 3 is 3.12 bits per heavy atom. The summed E-state index contributed by atoms with van der Waals surface area (Å²) in [4.78, 5) is 14.6. The predicted molar refractivity (Wildman–Crippen MR) is 65.2 cm³/mol. The van der Waals surface area contributed by atoms with Crippen LogP contribution in [0.1, 0.15) is 6.42 Å². The molecule has 1 aromatic carbocycles. The number of aromatic hydroxyl groups is 1. The Hall–Kier alpha value is -1.75. The highest BCUT2D eigenvalue weighted by Crippen LogP contribution is 2.19. The zero-order valence-corrected chi connectivity index (χ0v) is 9.44. The summed E-state index contributed by atoms with van der Waals surface area (Å²) in [7, 11) is 0. The number of H-pyrrole nitrogens is 1. The normalized spacial score (nSPS) is 20.1. The summed E-state index contributed by atoms with van der Waals surface area (Å²) in [5, 5.41) is 12.8. The van der Waals surface area contributed by atoms with Gasteiger partial charge in [-0.3, -0.25) is 4.57 Å². The molecule has 5 heteroatoms. The standard InChI is InChI=1S/C12H15N3O2/c16-9-1-2-10-11(5-9)15(12(17)14-10)7-8-3-4-13-6-8/h1-2,5,8,13,16H,3-4,6-7H2,(H,14,17). The van der Waals surface area contributed by atoms with Crippen LogP contribution in [-0.4, -0.2) is 27.7 Å². The molecular formula is C12H15N3O2. The van der Waals surface area contributed by atoms with Crippen molar-refractivity contribution in [2.24, 2.45) is 5.92 Å². The molecule has 1 aliphatic heterocycles. The minimum absolute atomic E-state index is 0.0995. The third-order valence-electron chi connectivity index (χ3n) is 3.36. The summed E-state index contributed by atoms with van der Waals surface area (Å²) in [6.45, 7) is 2.68. The number of nitrogens with one attached hydrogen (secondary N) is 2. The van der Waals surface area contributed by atoms with E-state index in [0.717, 1.165) is 30.5 Å². The first-order valence-electron chi connectivity index (χ1n) is 5.86. The van der Waals surface area contributed by atoms with E-state index in [9.17, 15) is 9.90 Å². The quantitative estimate of drug-likeness (QED) is 0.713. The van der Waals surface area contributed by atoms with Crippen molar-refractivity contribution >= 4 is 11.0 Å². The van der Waals surface area contributed by atoms with Gasteiger partial charge in [0.15, 0.2) is 0 Å². The van der Waals surface area contributed by atoms with Gasteiger partial charge in [-0.05, 0) is 37.6 Å². The van der Waals surface area contributed by atoms with E-state index < -0.39 is 0 Å². The highest BCUT2D eigenvalue weighted by Gasteiger charge is 2.17. The van der Waals surface area contributed by atoms with Crippen LogP contribution in [0.25, 0.3) is 11.0 Å². The molecule has 1 aliphatic rings. The van der Waals surface area contributed by atoms with Crippen molar-refractivity contribution < 1.29 is 5.11 Å². The molecule has 1 unspecified atom stereocenters. The summed E-state index contributed by atoms with van der Waals surface area (Å²) in [5.74, 6) is 0.684. The molecule has 5 nitrogen and oxygen atoms in total. The van der Waals surface area contributed by atoms with E-state index in [4.69, 9.17) is 0 Å². The SMILES string of the molecule is O=c1[nH]c2ccc(O)cc2n1CC1CCNC1. The molecule has 0 bridgehead atoms. The molecule has 2 heterocycles. The van der Waals surface area contributed by atoms with Crippen molar-refractivity contribution in [3.8, 4) is 5.75 Å². The fourth-order valence-electron chi connectivity index (χ4n) is 2.45. The Morgan fingerprint density at radius 2 is 2.35 bits per heavy atom. The van der Waals surface area contributed by atoms with Gasteiger partial charge >= 0.3 is 5.69 Å². The summed E-state index contributed by atoms with van der Waals surface area (Å²) in [5.41, 5.74) is 1.46. The lowest BCUT2D eigenvalue weighted by atomic mass is 10.1. The largest absolute Gasteiger partial charge is 0.508 e. The Kier molecular flexibility index (Phi) is 2.40. The molecule has 1 fully saturated rings. The minimum Gasteiger partial charge on any atom is -0.508 e. The van der Waals surface area contributed by atoms with E-state index in [1.165, 1.54) is 0 Å². The number of hydrogen-bond donors (Lipinski definition) is 3. The van der Waals surface area contributed by atoms with Crippen LogP contribution < -0.4 is 11.0 Å². The smallest absolute Gasteiger partial charge is 0.326 e. The zero-order valence-electron chi connectivity index (χ0n) is 9.44. The summed E-state index contributed by atoms with van der Waals surface area (Å²) in [6, 6.07) is 4.95. The lowest BCUT2D eigenvalue weighted by Crippen LogP contribution is -2.22. The van der Waals surface area contributed by atoms with Gasteiger partial charge in [0.05, 0.1) is 11.0 Å². The van der Waals surface area contributed by atoms with Crippen LogP contribution in [0.15, 0.2) is 23.0 Å². The summed E-state index contributed by atoms with van der Waals surface area (Å²) >= 11 is 0. The molecule has 3 N–H and O–H groups in total. The van der Waals surface area contributed by atoms with Crippen LogP contribution in [0.5, 0.6) is 5.75 Å². The van der Waals surface area contributed by atoms with Crippen molar-refractivity contribution in [2.45, 2.75) is 13.0 Å². The minimum atomic E-state index is -0.0995. The maximum atomic E-state index is 11.8. The number of fused-ring (bicyclic) bond motifs is 1. The first kappa shape index (κ1) is 10.4. The van der Waals surface area contributed by atoms with Crippen molar-refractivity contribution in [1.29, 1.82) is 0 Å². The van der Waals surface area contributed by atoms with Crippen molar-refractivity contribution in [3.05, 3.63) is 28.7 Å². The van der Waals surface area contributed by atoms with Crippen molar-refractivity contribution in [2.75, 3.05) is 13.1 Å². The van der Waals surface area contributed by atoms with Gasteiger partial charge in [-0.25, -0.2) is 4.79 Å². The summed E-state index contributed by atoms with van der Waals surface area (Å²) < 4.78 is 1.72. The Balaban J connectivity index is 2.04. The van der Waals surface area contributed by atoms with E-state index in [1.54, 1.807) is 22.8 Å². The van der Waals surface area contributed by atoms with Gasteiger partial charge in [0, 0.05) is 12.6 Å². The van der Waals surface area contributed by atoms with E-state index >= 15 is 0 Å². The highest BCUT2D eigenvalue weighted by atomic mass is 16.3. The number of phenols is 1. The first-order valence-corrected chi connectivity index (χ1v) is 5.86. The topological polar surface area (TPSA) is 70.0 Å².